The van der Waals surface area contributed by atoms with Crippen LogP contribution in [0.3, 0.4) is 0 Å². The van der Waals surface area contributed by atoms with Crippen LogP contribution in [-0.4, -0.2) is 33.2 Å². The number of benzene rings is 3. The Kier molecular flexibility index (Phi) is 8.46. The second-order valence-electron chi connectivity index (χ2n) is 7.27. The van der Waals surface area contributed by atoms with E-state index in [1.165, 1.54) is 48.2 Å². The maximum Gasteiger partial charge on any atom is 0.264 e. The van der Waals surface area contributed by atoms with E-state index in [9.17, 15) is 22.0 Å². The molecule has 0 saturated heterocycles. The number of anilines is 1. The minimum atomic E-state index is -4.18. The molecule has 0 aliphatic carbocycles. The van der Waals surface area contributed by atoms with Crippen molar-refractivity contribution in [1.82, 2.24) is 5.32 Å². The zero-order valence-corrected chi connectivity index (χ0v) is 19.6. The summed E-state index contributed by atoms with van der Waals surface area (Å²) in [7, 11) is -4.18. The Morgan fingerprint density at radius 2 is 1.58 bits per heavy atom. The molecule has 0 spiro atoms. The molecular weight excluding hydrogens is 466 g/mol. The molecule has 5 nitrogen and oxygen atoms in total. The van der Waals surface area contributed by atoms with Gasteiger partial charge in [-0.05, 0) is 42.8 Å². The SMILES string of the molecule is Cc1ccc(S(=O)(=O)N(CC(=O)NCCSCc2ccccc2F)c2ccccc2F)cc1. The molecule has 0 aliphatic heterocycles. The summed E-state index contributed by atoms with van der Waals surface area (Å²) in [5, 5.41) is 2.65. The molecule has 0 fully saturated rings. The molecular formula is C24H24F2N2O3S2. The second-order valence-corrected chi connectivity index (χ2v) is 10.2. The molecule has 0 aromatic heterocycles. The van der Waals surface area contributed by atoms with Gasteiger partial charge >= 0.3 is 0 Å². The van der Waals surface area contributed by atoms with Gasteiger partial charge in [0.1, 0.15) is 18.2 Å². The van der Waals surface area contributed by atoms with Gasteiger partial charge in [0, 0.05) is 18.1 Å². The number of para-hydroxylation sites is 1. The Morgan fingerprint density at radius 3 is 2.24 bits per heavy atom. The van der Waals surface area contributed by atoms with Crippen LogP contribution < -0.4 is 9.62 Å². The molecule has 1 amide bonds. The average molecular weight is 491 g/mol. The number of rotatable bonds is 10. The van der Waals surface area contributed by atoms with Gasteiger partial charge in [-0.15, -0.1) is 0 Å². The Labute approximate surface area is 196 Å². The number of carbonyl (C=O) groups excluding carboxylic acids is 1. The number of carbonyl (C=O) groups is 1. The number of sulfonamides is 1. The van der Waals surface area contributed by atoms with Crippen LogP contribution in [0.2, 0.25) is 0 Å². The summed E-state index contributed by atoms with van der Waals surface area (Å²) >= 11 is 1.44. The molecule has 3 rings (SSSR count). The Morgan fingerprint density at radius 1 is 0.939 bits per heavy atom. The molecule has 0 atom stereocenters. The Balaban J connectivity index is 1.66. The molecule has 0 aliphatic rings. The Hall–Kier alpha value is -2.91. The van der Waals surface area contributed by atoms with E-state index in [4.69, 9.17) is 0 Å². The number of halogens is 2. The summed E-state index contributed by atoms with van der Waals surface area (Å²) in [6, 6.07) is 18.0. The topological polar surface area (TPSA) is 66.5 Å². The lowest BCUT2D eigenvalue weighted by atomic mass is 10.2. The second kappa shape index (κ2) is 11.3. The van der Waals surface area contributed by atoms with Crippen LogP contribution in [0.5, 0.6) is 0 Å². The highest BCUT2D eigenvalue weighted by atomic mass is 32.2. The van der Waals surface area contributed by atoms with Gasteiger partial charge in [-0.2, -0.15) is 11.8 Å². The zero-order valence-electron chi connectivity index (χ0n) is 18.0. The van der Waals surface area contributed by atoms with E-state index in [1.807, 2.05) is 6.92 Å². The van der Waals surface area contributed by atoms with Gasteiger partial charge in [0.2, 0.25) is 5.91 Å². The third kappa shape index (κ3) is 6.55. The van der Waals surface area contributed by atoms with Crippen molar-refractivity contribution in [3.8, 4) is 0 Å². The number of aryl methyl sites for hydroxylation is 1. The van der Waals surface area contributed by atoms with Gasteiger partial charge in [-0.1, -0.05) is 48.0 Å². The highest BCUT2D eigenvalue weighted by Crippen LogP contribution is 2.26. The standard InChI is InChI=1S/C24H24F2N2O3S2/c1-18-10-12-20(13-11-18)33(30,31)28(23-9-5-4-8-22(23)26)16-24(29)27-14-15-32-17-19-6-2-3-7-21(19)25/h2-13H,14-17H2,1H3,(H,27,29). The first-order valence-corrected chi connectivity index (χ1v) is 12.8. The van der Waals surface area contributed by atoms with Crippen molar-refractivity contribution in [1.29, 1.82) is 0 Å². The van der Waals surface area contributed by atoms with E-state index in [-0.39, 0.29) is 22.9 Å². The fourth-order valence-electron chi connectivity index (χ4n) is 3.04. The molecule has 174 valence electrons. The largest absolute Gasteiger partial charge is 0.354 e. The number of amides is 1. The lowest BCUT2D eigenvalue weighted by molar-refractivity contribution is -0.119. The van der Waals surface area contributed by atoms with Crippen LogP contribution in [0.4, 0.5) is 14.5 Å². The minimum absolute atomic E-state index is 0.0374. The maximum absolute atomic E-state index is 14.5. The van der Waals surface area contributed by atoms with E-state index < -0.39 is 28.3 Å². The van der Waals surface area contributed by atoms with Crippen molar-refractivity contribution < 1.29 is 22.0 Å². The molecule has 9 heteroatoms. The number of nitrogens with one attached hydrogen (secondary N) is 1. The number of nitrogens with zero attached hydrogens (tertiary/aromatic N) is 1. The van der Waals surface area contributed by atoms with Gasteiger partial charge < -0.3 is 5.32 Å². The number of hydrogen-bond acceptors (Lipinski definition) is 4. The number of hydrogen-bond donors (Lipinski definition) is 1. The average Bonchev–Trinajstić information content (AvgIpc) is 2.79. The highest BCUT2D eigenvalue weighted by Gasteiger charge is 2.29. The van der Waals surface area contributed by atoms with Crippen molar-refractivity contribution in [2.24, 2.45) is 0 Å². The fourth-order valence-corrected chi connectivity index (χ4v) is 5.31. The normalized spacial score (nSPS) is 11.2. The van der Waals surface area contributed by atoms with E-state index in [1.54, 1.807) is 30.3 Å². The van der Waals surface area contributed by atoms with E-state index in [0.717, 1.165) is 15.9 Å². The lowest BCUT2D eigenvalue weighted by Crippen LogP contribution is -2.41. The smallest absolute Gasteiger partial charge is 0.264 e. The molecule has 0 saturated carbocycles. The van der Waals surface area contributed by atoms with E-state index in [0.29, 0.717) is 17.1 Å². The molecule has 0 unspecified atom stereocenters. The van der Waals surface area contributed by atoms with Gasteiger partial charge in [0.25, 0.3) is 10.0 Å². The van der Waals surface area contributed by atoms with Crippen LogP contribution in [0.15, 0.2) is 77.7 Å². The van der Waals surface area contributed by atoms with Crippen molar-refractivity contribution in [3.63, 3.8) is 0 Å². The predicted octanol–water partition coefficient (Wildman–Crippen LogP) is 4.52. The van der Waals surface area contributed by atoms with Crippen LogP contribution in [0.1, 0.15) is 11.1 Å². The third-order valence-electron chi connectivity index (χ3n) is 4.80. The van der Waals surface area contributed by atoms with Crippen LogP contribution in [-0.2, 0) is 20.6 Å². The lowest BCUT2D eigenvalue weighted by Gasteiger charge is -2.24. The highest BCUT2D eigenvalue weighted by molar-refractivity contribution is 7.98. The first kappa shape index (κ1) is 24.7. The van der Waals surface area contributed by atoms with Crippen LogP contribution in [0, 0.1) is 18.6 Å². The third-order valence-corrected chi connectivity index (χ3v) is 7.58. The summed E-state index contributed by atoms with van der Waals surface area (Å²) in [4.78, 5) is 12.5. The minimum Gasteiger partial charge on any atom is -0.354 e. The molecule has 3 aromatic rings. The van der Waals surface area contributed by atoms with Gasteiger partial charge in [0.15, 0.2) is 0 Å². The molecule has 3 aromatic carbocycles. The van der Waals surface area contributed by atoms with E-state index >= 15 is 0 Å². The quantitative estimate of drug-likeness (QED) is 0.425. The summed E-state index contributed by atoms with van der Waals surface area (Å²) in [5.74, 6) is -0.645. The summed E-state index contributed by atoms with van der Waals surface area (Å²) in [6.45, 7) is 1.51. The van der Waals surface area contributed by atoms with Gasteiger partial charge in [-0.25, -0.2) is 17.2 Å². The molecule has 0 heterocycles. The summed E-state index contributed by atoms with van der Waals surface area (Å²) in [5.41, 5.74) is 1.24. The maximum atomic E-state index is 14.5. The first-order valence-electron chi connectivity index (χ1n) is 10.2. The molecule has 0 bridgehead atoms. The van der Waals surface area contributed by atoms with Crippen LogP contribution >= 0.6 is 11.8 Å². The number of thioether (sulfide) groups is 1. The summed E-state index contributed by atoms with van der Waals surface area (Å²) < 4.78 is 55.4. The predicted molar refractivity (Wildman–Crippen MR) is 128 cm³/mol. The van der Waals surface area contributed by atoms with Gasteiger partial charge in [-0.3, -0.25) is 9.10 Å². The van der Waals surface area contributed by atoms with Crippen molar-refractivity contribution in [3.05, 3.63) is 95.6 Å². The van der Waals surface area contributed by atoms with Crippen LogP contribution in [0.25, 0.3) is 0 Å². The van der Waals surface area contributed by atoms with Crippen molar-refractivity contribution in [2.75, 3.05) is 23.1 Å². The van der Waals surface area contributed by atoms with E-state index in [2.05, 4.69) is 5.32 Å². The van der Waals surface area contributed by atoms with Gasteiger partial charge in [0.05, 0.1) is 10.6 Å². The Bertz CT molecular complexity index is 1200. The monoisotopic (exact) mass is 490 g/mol. The molecule has 33 heavy (non-hydrogen) atoms. The van der Waals surface area contributed by atoms with Crippen molar-refractivity contribution >= 4 is 33.4 Å². The zero-order chi connectivity index (χ0) is 23.8. The molecule has 1 N–H and O–H groups in total. The van der Waals surface area contributed by atoms with Crippen molar-refractivity contribution in [2.45, 2.75) is 17.6 Å². The fraction of sp³-hybridized carbons (Fsp3) is 0.208. The first-order chi connectivity index (χ1) is 15.8. The summed E-state index contributed by atoms with van der Waals surface area (Å²) in [6.07, 6.45) is 0. The molecule has 0 radical (unpaired) electrons.